The first kappa shape index (κ1) is 20.1. The summed E-state index contributed by atoms with van der Waals surface area (Å²) in [6.07, 6.45) is -5.33. The molecule has 10 nitrogen and oxygen atoms in total. The molecule has 160 valence electrons. The largest absolute Gasteiger partial charge is 0.508 e. The molecule has 0 spiro atoms. The lowest BCUT2D eigenvalue weighted by Crippen LogP contribution is -2.53. The van der Waals surface area contributed by atoms with Gasteiger partial charge in [-0.3, -0.25) is 0 Å². The van der Waals surface area contributed by atoms with E-state index < -0.39 is 36.5 Å². The molecule has 1 fully saturated rings. The van der Waals surface area contributed by atoms with E-state index >= 15 is 0 Å². The molecule has 2 aliphatic heterocycles. The van der Waals surface area contributed by atoms with Gasteiger partial charge >= 0.3 is 0 Å². The fourth-order valence-corrected chi connectivity index (χ4v) is 3.29. The Hall–Kier alpha value is -3.18. The second-order valence-electron chi connectivity index (χ2n) is 7.04. The van der Waals surface area contributed by atoms with Crippen LogP contribution in [-0.2, 0) is 9.47 Å². The van der Waals surface area contributed by atoms with E-state index in [4.69, 9.17) is 14.2 Å². The molecule has 10 heteroatoms. The monoisotopic (exact) mass is 420 g/mol. The molecule has 5 atom stereocenters. The average Bonchev–Trinajstić information content (AvgIpc) is 2.70. The zero-order valence-corrected chi connectivity index (χ0v) is 15.4. The van der Waals surface area contributed by atoms with Crippen LogP contribution in [0.3, 0.4) is 0 Å². The fraction of sp³-hybridized carbons (Fsp3) is 0.300. The van der Waals surface area contributed by atoms with Crippen LogP contribution in [0.15, 0.2) is 36.1 Å². The van der Waals surface area contributed by atoms with Crippen molar-refractivity contribution >= 4 is 6.08 Å². The van der Waals surface area contributed by atoms with E-state index in [1.165, 1.54) is 30.3 Å². The zero-order chi connectivity index (χ0) is 21.6. The van der Waals surface area contributed by atoms with Gasteiger partial charge < -0.3 is 50.0 Å². The molecule has 1 unspecified atom stereocenters. The van der Waals surface area contributed by atoms with Gasteiger partial charge in [-0.1, -0.05) is 6.07 Å². The summed E-state index contributed by atoms with van der Waals surface area (Å²) in [5.41, 5.74) is 0.531. The Labute approximate surface area is 170 Å². The van der Waals surface area contributed by atoms with Crippen molar-refractivity contribution in [2.75, 3.05) is 6.61 Å². The number of aliphatic hydroxyl groups is 3. The fourth-order valence-electron chi connectivity index (χ4n) is 3.29. The van der Waals surface area contributed by atoms with Gasteiger partial charge in [0.1, 0.15) is 41.3 Å². The van der Waals surface area contributed by atoms with E-state index in [0.29, 0.717) is 5.56 Å². The van der Waals surface area contributed by atoms with Crippen molar-refractivity contribution in [3.05, 3.63) is 47.2 Å². The Morgan fingerprint density at radius 2 is 1.63 bits per heavy atom. The van der Waals surface area contributed by atoms with Crippen molar-refractivity contribution in [2.24, 2.45) is 0 Å². The molecule has 2 heterocycles. The second-order valence-corrected chi connectivity index (χ2v) is 7.04. The van der Waals surface area contributed by atoms with Crippen LogP contribution in [0.2, 0.25) is 0 Å². The normalized spacial score (nSPS) is 28.2. The number of fused-ring (bicyclic) bond motifs is 1. The minimum atomic E-state index is -1.57. The van der Waals surface area contributed by atoms with Gasteiger partial charge in [-0.15, -0.1) is 0 Å². The third kappa shape index (κ3) is 3.57. The van der Waals surface area contributed by atoms with E-state index in [-0.39, 0.29) is 40.9 Å². The van der Waals surface area contributed by atoms with Crippen LogP contribution in [0.25, 0.3) is 6.08 Å². The van der Waals surface area contributed by atoms with Crippen LogP contribution >= 0.6 is 0 Å². The van der Waals surface area contributed by atoms with Gasteiger partial charge in [0.15, 0.2) is 17.6 Å². The number of hydrogen-bond acceptors (Lipinski definition) is 10. The van der Waals surface area contributed by atoms with Crippen LogP contribution in [-0.4, -0.2) is 67.0 Å². The quantitative estimate of drug-likeness (QED) is 0.346. The molecule has 30 heavy (non-hydrogen) atoms. The van der Waals surface area contributed by atoms with E-state index in [1.54, 1.807) is 0 Å². The summed E-state index contributed by atoms with van der Waals surface area (Å²) in [7, 11) is 0. The number of benzene rings is 2. The van der Waals surface area contributed by atoms with Crippen molar-refractivity contribution in [3.8, 4) is 28.7 Å². The number of rotatable bonds is 3. The molecule has 7 N–H and O–H groups in total. The standard InChI is InChI=1S/C20H20O10/c21-9-4-12(23)10-6-16(30-20-18(27)17(26)14(25)7-28-20)19(29-15(10)5-9)8-1-2-11(22)13(24)3-8/h1-6,14,17-27H,7H2/t14-,17-,18-,19?,20-/m1/s1. The van der Waals surface area contributed by atoms with Crippen LogP contribution in [0.5, 0.6) is 28.7 Å². The minimum Gasteiger partial charge on any atom is -0.508 e. The van der Waals surface area contributed by atoms with Crippen LogP contribution < -0.4 is 4.74 Å². The first-order chi connectivity index (χ1) is 14.2. The highest BCUT2D eigenvalue weighted by Crippen LogP contribution is 2.45. The van der Waals surface area contributed by atoms with Gasteiger partial charge in [0, 0.05) is 17.7 Å². The molecule has 0 bridgehead atoms. The highest BCUT2D eigenvalue weighted by Gasteiger charge is 2.41. The smallest absolute Gasteiger partial charge is 0.228 e. The van der Waals surface area contributed by atoms with E-state index in [1.807, 2.05) is 0 Å². The van der Waals surface area contributed by atoms with Crippen molar-refractivity contribution in [3.63, 3.8) is 0 Å². The molecule has 2 aromatic rings. The number of ether oxygens (including phenoxy) is 3. The van der Waals surface area contributed by atoms with Crippen molar-refractivity contribution < 1.29 is 50.0 Å². The second kappa shape index (κ2) is 7.58. The van der Waals surface area contributed by atoms with Gasteiger partial charge in [0.05, 0.1) is 12.2 Å². The highest BCUT2D eigenvalue weighted by atomic mass is 16.7. The van der Waals surface area contributed by atoms with Gasteiger partial charge in [0.2, 0.25) is 6.29 Å². The Bertz CT molecular complexity index is 988. The molecule has 0 amide bonds. The maximum absolute atomic E-state index is 10.2. The van der Waals surface area contributed by atoms with Gasteiger partial charge in [-0.05, 0) is 18.2 Å². The topological polar surface area (TPSA) is 169 Å². The van der Waals surface area contributed by atoms with E-state index in [9.17, 15) is 35.7 Å². The number of phenolic OH excluding ortho intramolecular Hbond substituents is 4. The lowest BCUT2D eigenvalue weighted by atomic mass is 10.0. The molecule has 2 aromatic carbocycles. The SMILES string of the molecule is Oc1cc(O)c2c(c1)OC(c1ccc(O)c(O)c1)C(O[C@H]1OC[C@@H](O)[C@@H](O)[C@H]1O)=C2. The first-order valence-corrected chi connectivity index (χ1v) is 9.03. The van der Waals surface area contributed by atoms with Crippen LogP contribution in [0, 0.1) is 0 Å². The summed E-state index contributed by atoms with van der Waals surface area (Å²) in [5.74, 6) is -1.12. The number of aliphatic hydroxyl groups excluding tert-OH is 3. The lowest BCUT2D eigenvalue weighted by Gasteiger charge is -2.37. The average molecular weight is 420 g/mol. The van der Waals surface area contributed by atoms with Crippen molar-refractivity contribution in [2.45, 2.75) is 30.7 Å². The summed E-state index contributed by atoms with van der Waals surface area (Å²) in [6.45, 7) is -0.280. The third-order valence-corrected chi connectivity index (χ3v) is 4.90. The van der Waals surface area contributed by atoms with E-state index in [2.05, 4.69) is 0 Å². The molecular weight excluding hydrogens is 400 g/mol. The van der Waals surface area contributed by atoms with Crippen LogP contribution in [0.1, 0.15) is 17.2 Å². The lowest BCUT2D eigenvalue weighted by molar-refractivity contribution is -0.261. The molecule has 4 rings (SSSR count). The maximum atomic E-state index is 10.2. The third-order valence-electron chi connectivity index (χ3n) is 4.90. The van der Waals surface area contributed by atoms with Crippen molar-refractivity contribution in [1.29, 1.82) is 0 Å². The molecule has 0 aliphatic carbocycles. The van der Waals surface area contributed by atoms with Crippen LogP contribution in [0.4, 0.5) is 0 Å². The Morgan fingerprint density at radius 3 is 2.37 bits per heavy atom. The van der Waals surface area contributed by atoms with Crippen molar-refractivity contribution in [1.82, 2.24) is 0 Å². The predicted octanol–water partition coefficient (Wildman–Crippen LogP) is 0.439. The summed E-state index contributed by atoms with van der Waals surface area (Å²) in [4.78, 5) is 0. The summed E-state index contributed by atoms with van der Waals surface area (Å²) in [5, 5.41) is 69.0. The number of aromatic hydroxyl groups is 4. The molecule has 0 saturated carbocycles. The molecule has 0 aromatic heterocycles. The minimum absolute atomic E-state index is 0.0428. The Balaban J connectivity index is 1.73. The first-order valence-electron chi connectivity index (χ1n) is 9.03. The highest BCUT2D eigenvalue weighted by molar-refractivity contribution is 5.69. The van der Waals surface area contributed by atoms with E-state index in [0.717, 1.165) is 6.07 Å². The maximum Gasteiger partial charge on any atom is 0.228 e. The zero-order valence-electron chi connectivity index (χ0n) is 15.4. The predicted molar refractivity (Wildman–Crippen MR) is 99.7 cm³/mol. The molecule has 2 aliphatic rings. The van der Waals surface area contributed by atoms with Gasteiger partial charge in [-0.2, -0.15) is 0 Å². The Kier molecular flexibility index (Phi) is 5.08. The Morgan fingerprint density at radius 1 is 0.867 bits per heavy atom. The van der Waals surface area contributed by atoms with Gasteiger partial charge in [0.25, 0.3) is 0 Å². The summed E-state index contributed by atoms with van der Waals surface area (Å²) in [6, 6.07) is 6.33. The molecule has 1 saturated heterocycles. The molecular formula is C20H20O10. The summed E-state index contributed by atoms with van der Waals surface area (Å²) >= 11 is 0. The molecule has 0 radical (unpaired) electrons. The number of phenols is 4. The van der Waals surface area contributed by atoms with Gasteiger partial charge in [-0.25, -0.2) is 0 Å². The summed E-state index contributed by atoms with van der Waals surface area (Å²) < 4.78 is 16.8. The number of hydrogen-bond donors (Lipinski definition) is 7.